The van der Waals surface area contributed by atoms with Gasteiger partial charge in [0.25, 0.3) is 0 Å². The van der Waals surface area contributed by atoms with E-state index < -0.39 is 0 Å². The molecule has 1 fully saturated rings. The van der Waals surface area contributed by atoms with Crippen LogP contribution in [0.5, 0.6) is 0 Å². The molecule has 20 heavy (non-hydrogen) atoms. The largest absolute Gasteiger partial charge is 0.400 e. The van der Waals surface area contributed by atoms with Crippen molar-refractivity contribution in [2.24, 2.45) is 5.92 Å². The Morgan fingerprint density at radius 3 is 2.40 bits per heavy atom. The summed E-state index contributed by atoms with van der Waals surface area (Å²) in [5.41, 5.74) is 1.09. The van der Waals surface area contributed by atoms with E-state index in [9.17, 15) is 4.79 Å². The second-order valence-corrected chi connectivity index (χ2v) is 4.84. The van der Waals surface area contributed by atoms with Gasteiger partial charge in [-0.2, -0.15) is 0 Å². The summed E-state index contributed by atoms with van der Waals surface area (Å²) in [6, 6.07) is -0.0500. The first-order valence-corrected chi connectivity index (χ1v) is 7.05. The summed E-state index contributed by atoms with van der Waals surface area (Å²) in [5, 5.41) is 11.4. The predicted octanol–water partition coefficient (Wildman–Crippen LogP) is 2.39. The number of hydrogen-bond acceptors (Lipinski definition) is 4. The molecule has 1 saturated heterocycles. The van der Waals surface area contributed by atoms with Gasteiger partial charge in [0, 0.05) is 20.2 Å². The van der Waals surface area contributed by atoms with E-state index in [1.165, 1.54) is 0 Å². The highest BCUT2D eigenvalue weighted by Gasteiger charge is 2.30. The normalized spacial score (nSPS) is 18.1. The molecule has 0 radical (unpaired) electrons. The van der Waals surface area contributed by atoms with E-state index in [1.807, 2.05) is 19.1 Å². The Kier molecular flexibility index (Phi) is 9.68. The SMILES string of the molecule is C=C/C=C(\C=C/C)N1CCCN1C(C=O)C(C)C.CO. The van der Waals surface area contributed by atoms with Gasteiger partial charge in [0.05, 0.1) is 11.7 Å². The number of carbonyl (C=O) groups is 1. The van der Waals surface area contributed by atoms with E-state index in [0.29, 0.717) is 5.92 Å². The fourth-order valence-corrected chi connectivity index (χ4v) is 2.31. The second-order valence-electron chi connectivity index (χ2n) is 4.84. The van der Waals surface area contributed by atoms with Crippen molar-refractivity contribution < 1.29 is 9.90 Å². The van der Waals surface area contributed by atoms with Crippen LogP contribution in [0, 0.1) is 5.92 Å². The molecule has 114 valence electrons. The maximum absolute atomic E-state index is 11.3. The van der Waals surface area contributed by atoms with Gasteiger partial charge in [0.1, 0.15) is 6.29 Å². The van der Waals surface area contributed by atoms with Crippen molar-refractivity contribution in [3.63, 3.8) is 0 Å². The van der Waals surface area contributed by atoms with E-state index >= 15 is 0 Å². The zero-order valence-electron chi connectivity index (χ0n) is 13.1. The summed E-state index contributed by atoms with van der Waals surface area (Å²) in [6.45, 7) is 11.8. The molecule has 0 aromatic rings. The van der Waals surface area contributed by atoms with Gasteiger partial charge in [-0.15, -0.1) is 0 Å². The summed E-state index contributed by atoms with van der Waals surface area (Å²) in [4.78, 5) is 11.3. The average Bonchev–Trinajstić information content (AvgIpc) is 2.90. The molecule has 0 bridgehead atoms. The van der Waals surface area contributed by atoms with Crippen molar-refractivity contribution >= 4 is 6.29 Å². The monoisotopic (exact) mass is 280 g/mol. The van der Waals surface area contributed by atoms with Gasteiger partial charge < -0.3 is 14.9 Å². The first-order valence-electron chi connectivity index (χ1n) is 7.05. The van der Waals surface area contributed by atoms with Crippen molar-refractivity contribution in [2.75, 3.05) is 20.2 Å². The molecule has 0 spiro atoms. The minimum Gasteiger partial charge on any atom is -0.400 e. The molecule has 0 aliphatic carbocycles. The number of allylic oxidation sites excluding steroid dienone is 4. The van der Waals surface area contributed by atoms with Gasteiger partial charge in [-0.05, 0) is 31.4 Å². The van der Waals surface area contributed by atoms with Crippen LogP contribution in [-0.4, -0.2) is 47.7 Å². The van der Waals surface area contributed by atoms with E-state index in [2.05, 4.69) is 36.5 Å². The Balaban J connectivity index is 0.00000172. The molecule has 1 aliphatic rings. The zero-order valence-corrected chi connectivity index (χ0v) is 13.1. The number of carbonyl (C=O) groups excluding carboxylic acids is 1. The highest BCUT2D eigenvalue weighted by molar-refractivity contribution is 5.58. The van der Waals surface area contributed by atoms with E-state index in [0.717, 1.165) is 38.6 Å². The van der Waals surface area contributed by atoms with Crippen LogP contribution in [0.4, 0.5) is 0 Å². The van der Waals surface area contributed by atoms with Crippen LogP contribution < -0.4 is 0 Å². The molecular formula is C16H28N2O2. The molecule has 1 unspecified atom stereocenters. The minimum absolute atomic E-state index is 0.0500. The number of aldehydes is 1. The summed E-state index contributed by atoms with van der Waals surface area (Å²) in [7, 11) is 1.00. The molecular weight excluding hydrogens is 252 g/mol. The number of aliphatic hydroxyl groups excluding tert-OH is 1. The van der Waals surface area contributed by atoms with Crippen LogP contribution >= 0.6 is 0 Å². The fraction of sp³-hybridized carbons (Fsp3) is 0.562. The topological polar surface area (TPSA) is 43.8 Å². The number of hydrazine groups is 1. The minimum atomic E-state index is -0.0500. The molecule has 0 amide bonds. The quantitative estimate of drug-likeness (QED) is 0.599. The van der Waals surface area contributed by atoms with E-state index in [-0.39, 0.29) is 6.04 Å². The lowest BCUT2D eigenvalue weighted by Gasteiger charge is -2.36. The van der Waals surface area contributed by atoms with Gasteiger partial charge in [0.2, 0.25) is 0 Å². The highest BCUT2D eigenvalue weighted by Crippen LogP contribution is 2.23. The molecule has 0 aromatic heterocycles. The second kappa shape index (κ2) is 10.4. The summed E-state index contributed by atoms with van der Waals surface area (Å²) in [6.07, 6.45) is 9.99. The molecule has 1 heterocycles. The average molecular weight is 280 g/mol. The number of rotatable bonds is 6. The molecule has 0 saturated carbocycles. The van der Waals surface area contributed by atoms with Crippen molar-refractivity contribution in [1.82, 2.24) is 10.0 Å². The fourth-order valence-electron chi connectivity index (χ4n) is 2.31. The highest BCUT2D eigenvalue weighted by atomic mass is 16.2. The third-order valence-corrected chi connectivity index (χ3v) is 3.16. The Hall–Kier alpha value is -1.39. The van der Waals surface area contributed by atoms with Crippen molar-refractivity contribution in [2.45, 2.75) is 33.2 Å². The summed E-state index contributed by atoms with van der Waals surface area (Å²) < 4.78 is 0. The van der Waals surface area contributed by atoms with Crippen LogP contribution in [-0.2, 0) is 4.79 Å². The third kappa shape index (κ3) is 4.94. The summed E-state index contributed by atoms with van der Waals surface area (Å²) in [5.74, 6) is 0.318. The molecule has 1 N–H and O–H groups in total. The van der Waals surface area contributed by atoms with Crippen molar-refractivity contribution in [3.05, 3.63) is 36.6 Å². The van der Waals surface area contributed by atoms with Gasteiger partial charge in [-0.25, -0.2) is 5.01 Å². The van der Waals surface area contributed by atoms with Gasteiger partial charge >= 0.3 is 0 Å². The van der Waals surface area contributed by atoms with Crippen LogP contribution in [0.15, 0.2) is 36.6 Å². The first-order chi connectivity index (χ1) is 9.65. The maximum atomic E-state index is 11.3. The van der Waals surface area contributed by atoms with Crippen LogP contribution in [0.25, 0.3) is 0 Å². The number of hydrogen-bond donors (Lipinski definition) is 1. The Morgan fingerprint density at radius 1 is 1.30 bits per heavy atom. The van der Waals surface area contributed by atoms with Crippen molar-refractivity contribution in [3.8, 4) is 0 Å². The van der Waals surface area contributed by atoms with Crippen molar-refractivity contribution in [1.29, 1.82) is 0 Å². The van der Waals surface area contributed by atoms with E-state index in [1.54, 1.807) is 6.08 Å². The first kappa shape index (κ1) is 18.6. The Labute approximate surface area is 123 Å². The molecule has 4 nitrogen and oxygen atoms in total. The van der Waals surface area contributed by atoms with Crippen LogP contribution in [0.1, 0.15) is 27.2 Å². The molecule has 1 atom stereocenters. The zero-order chi connectivity index (χ0) is 15.5. The Morgan fingerprint density at radius 2 is 1.95 bits per heavy atom. The lowest BCUT2D eigenvalue weighted by atomic mass is 10.1. The Bertz CT molecular complexity index is 348. The lowest BCUT2D eigenvalue weighted by molar-refractivity contribution is -0.118. The predicted molar refractivity (Wildman–Crippen MR) is 84.0 cm³/mol. The molecule has 0 aromatic carbocycles. The standard InChI is InChI=1S/C15H24N2O.CH4O/c1-5-8-14(9-6-2)16-10-7-11-17(16)15(12-18)13(3)4;1-2/h5-6,8-9,12-13,15H,1,7,10-11H2,2-4H3;2H,1H3/b9-6-,14-8+;. The van der Waals surface area contributed by atoms with Gasteiger partial charge in [-0.3, -0.25) is 0 Å². The lowest BCUT2D eigenvalue weighted by Crippen LogP contribution is -2.46. The van der Waals surface area contributed by atoms with Gasteiger partial charge in [-0.1, -0.05) is 32.6 Å². The number of nitrogens with zero attached hydrogens (tertiary/aromatic N) is 2. The van der Waals surface area contributed by atoms with Crippen LogP contribution in [0.3, 0.4) is 0 Å². The molecule has 4 heteroatoms. The summed E-state index contributed by atoms with van der Waals surface area (Å²) >= 11 is 0. The maximum Gasteiger partial charge on any atom is 0.139 e. The van der Waals surface area contributed by atoms with Gasteiger partial charge in [0.15, 0.2) is 0 Å². The number of aliphatic hydroxyl groups is 1. The van der Waals surface area contributed by atoms with Crippen LogP contribution in [0.2, 0.25) is 0 Å². The smallest absolute Gasteiger partial charge is 0.139 e. The molecule has 1 rings (SSSR count). The van der Waals surface area contributed by atoms with E-state index in [4.69, 9.17) is 5.11 Å². The molecule has 1 aliphatic heterocycles. The third-order valence-electron chi connectivity index (χ3n) is 3.16.